The van der Waals surface area contributed by atoms with Crippen LogP contribution >= 0.6 is 11.3 Å². The normalized spacial score (nSPS) is 11.9. The van der Waals surface area contributed by atoms with Gasteiger partial charge in [0.2, 0.25) is 10.0 Å². The van der Waals surface area contributed by atoms with Gasteiger partial charge in [0.25, 0.3) is 0 Å². The summed E-state index contributed by atoms with van der Waals surface area (Å²) in [6.07, 6.45) is 6.02. The van der Waals surface area contributed by atoms with Gasteiger partial charge in [-0.2, -0.15) is 0 Å². The fraction of sp³-hybridized carbons (Fsp3) is 0.462. The van der Waals surface area contributed by atoms with Gasteiger partial charge in [-0.05, 0) is 19.0 Å². The van der Waals surface area contributed by atoms with Crippen molar-refractivity contribution in [2.75, 3.05) is 13.1 Å². The van der Waals surface area contributed by atoms with Crippen molar-refractivity contribution >= 4 is 21.4 Å². The maximum Gasteiger partial charge on any atom is 0.241 e. The lowest BCUT2D eigenvalue weighted by molar-refractivity contribution is 0.570. The summed E-state index contributed by atoms with van der Waals surface area (Å²) in [5, 5.41) is 4.87. The molecular weight excluding hydrogens is 308 g/mol. The van der Waals surface area contributed by atoms with Gasteiger partial charge in [-0.3, -0.25) is 0 Å². The fourth-order valence-corrected chi connectivity index (χ4v) is 4.13. The van der Waals surface area contributed by atoms with Gasteiger partial charge < -0.3 is 9.88 Å². The lowest BCUT2D eigenvalue weighted by Crippen LogP contribution is -2.25. The Balaban J connectivity index is 1.82. The molecule has 0 radical (unpaired) electrons. The minimum atomic E-state index is -3.40. The van der Waals surface area contributed by atoms with E-state index in [2.05, 4.69) is 15.0 Å². The molecule has 0 aliphatic rings. The molecule has 0 aliphatic heterocycles. The van der Waals surface area contributed by atoms with Crippen LogP contribution in [0.1, 0.15) is 18.2 Å². The average molecular weight is 328 g/mol. The predicted octanol–water partition coefficient (Wildman–Crippen LogP) is 1.42. The summed E-state index contributed by atoms with van der Waals surface area (Å²) in [7, 11) is -3.40. The van der Waals surface area contributed by atoms with Crippen LogP contribution in [0.4, 0.5) is 0 Å². The number of sulfonamides is 1. The van der Waals surface area contributed by atoms with Crippen LogP contribution in [-0.4, -0.2) is 31.1 Å². The molecular formula is C13H20N4O2S2. The molecule has 0 fully saturated rings. The van der Waals surface area contributed by atoms with Crippen LogP contribution in [0.3, 0.4) is 0 Å². The third-order valence-corrected chi connectivity index (χ3v) is 5.46. The van der Waals surface area contributed by atoms with Gasteiger partial charge in [0.05, 0.1) is 11.2 Å². The number of nitrogens with zero attached hydrogens (tertiary/aromatic N) is 2. The second kappa shape index (κ2) is 7.69. The molecule has 8 heteroatoms. The van der Waals surface area contributed by atoms with E-state index in [0.29, 0.717) is 18.0 Å². The molecule has 6 nitrogen and oxygen atoms in total. The van der Waals surface area contributed by atoms with E-state index in [9.17, 15) is 8.42 Å². The molecule has 0 spiro atoms. The summed E-state index contributed by atoms with van der Waals surface area (Å²) in [6.45, 7) is 4.76. The van der Waals surface area contributed by atoms with Crippen LogP contribution in [0.2, 0.25) is 0 Å². The monoisotopic (exact) mass is 328 g/mol. The molecule has 0 unspecified atom stereocenters. The van der Waals surface area contributed by atoms with Crippen molar-refractivity contribution < 1.29 is 8.42 Å². The zero-order valence-corrected chi connectivity index (χ0v) is 13.6. The van der Waals surface area contributed by atoms with Gasteiger partial charge >= 0.3 is 0 Å². The summed E-state index contributed by atoms with van der Waals surface area (Å²) in [4.78, 5) is 5.32. The average Bonchev–Trinajstić information content (AvgIpc) is 3.13. The first-order valence-corrected chi connectivity index (χ1v) is 9.21. The molecule has 0 amide bonds. The van der Waals surface area contributed by atoms with Gasteiger partial charge in [0.1, 0.15) is 0 Å². The lowest BCUT2D eigenvalue weighted by Gasteiger charge is -2.05. The van der Waals surface area contributed by atoms with Crippen molar-refractivity contribution in [1.82, 2.24) is 19.6 Å². The Hall–Kier alpha value is -1.22. The van der Waals surface area contributed by atoms with Crippen molar-refractivity contribution in [3.63, 3.8) is 0 Å². The van der Waals surface area contributed by atoms with Crippen LogP contribution < -0.4 is 10.0 Å². The smallest absolute Gasteiger partial charge is 0.241 e. The Morgan fingerprint density at radius 1 is 1.43 bits per heavy atom. The summed E-state index contributed by atoms with van der Waals surface area (Å²) in [6, 6.07) is 1.73. The second-order valence-electron chi connectivity index (χ2n) is 4.58. The van der Waals surface area contributed by atoms with Gasteiger partial charge in [0.15, 0.2) is 0 Å². The molecule has 0 saturated carbocycles. The quantitative estimate of drug-likeness (QED) is 0.683. The predicted molar refractivity (Wildman–Crippen MR) is 83.7 cm³/mol. The molecule has 0 atom stereocenters. The Morgan fingerprint density at radius 3 is 3.00 bits per heavy atom. The maximum atomic E-state index is 12.1. The summed E-state index contributed by atoms with van der Waals surface area (Å²) in [5.41, 5.74) is 0. The Morgan fingerprint density at radius 2 is 2.29 bits per heavy atom. The molecule has 2 N–H and O–H groups in total. The van der Waals surface area contributed by atoms with Crippen molar-refractivity contribution in [1.29, 1.82) is 0 Å². The number of imidazole rings is 1. The zero-order valence-electron chi connectivity index (χ0n) is 11.9. The van der Waals surface area contributed by atoms with E-state index < -0.39 is 10.0 Å². The number of hydrogen-bond donors (Lipinski definition) is 2. The summed E-state index contributed by atoms with van der Waals surface area (Å²) < 4.78 is 28.8. The Kier molecular flexibility index (Phi) is 5.92. The standard InChI is InChI=1S/C13H20N4O2S2/c1-2-14-9-12-8-13(10-20-12)21(18,19)16-4-3-6-17-7-5-15-11-17/h5,7-8,10-11,14,16H,2-4,6,9H2,1H3. The minimum absolute atomic E-state index is 0.350. The molecule has 0 aromatic carbocycles. The van der Waals surface area contributed by atoms with Gasteiger partial charge in [0, 0.05) is 42.3 Å². The van der Waals surface area contributed by atoms with Crippen LogP contribution in [0.15, 0.2) is 35.1 Å². The lowest BCUT2D eigenvalue weighted by atomic mass is 10.4. The molecule has 2 heterocycles. The SMILES string of the molecule is CCNCc1cc(S(=O)(=O)NCCCn2ccnc2)cs1. The Labute approximate surface area is 129 Å². The molecule has 0 bridgehead atoms. The minimum Gasteiger partial charge on any atom is -0.337 e. The van der Waals surface area contributed by atoms with E-state index in [-0.39, 0.29) is 0 Å². The fourth-order valence-electron chi connectivity index (χ4n) is 1.81. The van der Waals surface area contributed by atoms with E-state index in [1.54, 1.807) is 24.0 Å². The Bertz CT molecular complexity index is 635. The highest BCUT2D eigenvalue weighted by Crippen LogP contribution is 2.18. The largest absolute Gasteiger partial charge is 0.337 e. The molecule has 116 valence electrons. The van der Waals surface area contributed by atoms with Crippen LogP contribution in [-0.2, 0) is 23.1 Å². The third kappa shape index (κ3) is 4.92. The highest BCUT2D eigenvalue weighted by molar-refractivity contribution is 7.89. The van der Waals surface area contributed by atoms with Gasteiger partial charge in [-0.1, -0.05) is 6.92 Å². The zero-order chi connectivity index (χ0) is 15.1. The second-order valence-corrected chi connectivity index (χ2v) is 7.34. The first-order valence-electron chi connectivity index (χ1n) is 6.85. The van der Waals surface area contributed by atoms with Crippen molar-refractivity contribution in [3.05, 3.63) is 35.0 Å². The van der Waals surface area contributed by atoms with E-state index in [1.807, 2.05) is 17.7 Å². The molecule has 0 saturated heterocycles. The highest BCUT2D eigenvalue weighted by atomic mass is 32.2. The molecule has 2 rings (SSSR count). The van der Waals surface area contributed by atoms with E-state index in [4.69, 9.17) is 0 Å². The molecule has 0 aliphatic carbocycles. The van der Waals surface area contributed by atoms with Crippen molar-refractivity contribution in [2.45, 2.75) is 31.3 Å². The highest BCUT2D eigenvalue weighted by Gasteiger charge is 2.15. The topological polar surface area (TPSA) is 76.0 Å². The summed E-state index contributed by atoms with van der Waals surface area (Å²) >= 11 is 1.46. The maximum absolute atomic E-state index is 12.1. The number of hydrogen-bond acceptors (Lipinski definition) is 5. The number of nitrogens with one attached hydrogen (secondary N) is 2. The molecule has 2 aromatic rings. The van der Waals surface area contributed by atoms with Crippen LogP contribution in [0, 0.1) is 0 Å². The molecule has 2 aromatic heterocycles. The number of aromatic nitrogens is 2. The first-order chi connectivity index (χ1) is 10.1. The third-order valence-electron chi connectivity index (χ3n) is 2.93. The molecule has 21 heavy (non-hydrogen) atoms. The van der Waals surface area contributed by atoms with E-state index in [0.717, 1.165) is 24.4 Å². The number of rotatable bonds is 9. The number of aryl methyl sites for hydroxylation is 1. The van der Waals surface area contributed by atoms with Crippen molar-refractivity contribution in [3.8, 4) is 0 Å². The number of thiophene rings is 1. The van der Waals surface area contributed by atoms with Gasteiger partial charge in [-0.25, -0.2) is 18.1 Å². The van der Waals surface area contributed by atoms with Crippen LogP contribution in [0.25, 0.3) is 0 Å². The van der Waals surface area contributed by atoms with E-state index >= 15 is 0 Å². The van der Waals surface area contributed by atoms with Crippen molar-refractivity contribution in [2.24, 2.45) is 0 Å². The van der Waals surface area contributed by atoms with Gasteiger partial charge in [-0.15, -0.1) is 11.3 Å². The van der Waals surface area contributed by atoms with E-state index in [1.165, 1.54) is 11.3 Å². The van der Waals surface area contributed by atoms with Crippen LogP contribution in [0.5, 0.6) is 0 Å². The first kappa shape index (κ1) is 16.2. The summed E-state index contributed by atoms with van der Waals surface area (Å²) in [5.74, 6) is 0.